The molecule has 1 saturated heterocycles. The van der Waals surface area contributed by atoms with Crippen LogP contribution in [0.5, 0.6) is 5.75 Å². The molecule has 3 heterocycles. The van der Waals surface area contributed by atoms with Crippen LogP contribution in [-0.2, 0) is 13.0 Å². The average Bonchev–Trinajstić information content (AvgIpc) is 3.06. The van der Waals surface area contributed by atoms with Crippen molar-refractivity contribution in [3.05, 3.63) is 47.9 Å². The van der Waals surface area contributed by atoms with Crippen LogP contribution in [-0.4, -0.2) is 56.0 Å². The van der Waals surface area contributed by atoms with Crippen LogP contribution in [0.1, 0.15) is 18.3 Å². The predicted molar refractivity (Wildman–Crippen MR) is 95.8 cm³/mol. The zero-order valence-electron chi connectivity index (χ0n) is 14.3. The molecule has 0 amide bonds. The number of phenols is 1. The van der Waals surface area contributed by atoms with Crippen LogP contribution in [0.2, 0.25) is 0 Å². The maximum atomic E-state index is 9.38. The summed E-state index contributed by atoms with van der Waals surface area (Å²) >= 11 is 0. The molecule has 0 saturated carbocycles. The molecule has 1 N–H and O–H groups in total. The lowest BCUT2D eigenvalue weighted by molar-refractivity contribution is 0.249. The van der Waals surface area contributed by atoms with E-state index in [1.807, 2.05) is 22.8 Å². The van der Waals surface area contributed by atoms with Gasteiger partial charge >= 0.3 is 0 Å². The third kappa shape index (κ3) is 3.28. The van der Waals surface area contributed by atoms with Gasteiger partial charge in [-0.05, 0) is 17.7 Å². The fraction of sp³-hybridized carbons (Fsp3) is 0.389. The molecule has 0 radical (unpaired) electrons. The normalized spacial score (nSPS) is 15.8. The Balaban J connectivity index is 1.40. The number of fused-ring (bicyclic) bond motifs is 1. The molecule has 25 heavy (non-hydrogen) atoms. The van der Waals surface area contributed by atoms with Crippen molar-refractivity contribution in [3.63, 3.8) is 0 Å². The van der Waals surface area contributed by atoms with Gasteiger partial charge in [0, 0.05) is 45.2 Å². The largest absolute Gasteiger partial charge is 0.508 e. The van der Waals surface area contributed by atoms with Crippen LogP contribution in [0.4, 0.5) is 5.69 Å². The third-order valence-corrected chi connectivity index (χ3v) is 4.71. The Morgan fingerprint density at radius 2 is 1.80 bits per heavy atom. The first-order valence-electron chi connectivity index (χ1n) is 8.68. The molecule has 1 aliphatic heterocycles. The number of anilines is 1. The number of piperazine rings is 1. The number of hydrogen-bond donors (Lipinski definition) is 1. The summed E-state index contributed by atoms with van der Waals surface area (Å²) in [6.07, 6.45) is 2.73. The molecule has 130 valence electrons. The Labute approximate surface area is 146 Å². The van der Waals surface area contributed by atoms with Crippen molar-refractivity contribution in [2.24, 2.45) is 0 Å². The average molecular weight is 338 g/mol. The van der Waals surface area contributed by atoms with Crippen LogP contribution in [0.25, 0.3) is 5.65 Å². The van der Waals surface area contributed by atoms with E-state index in [0.29, 0.717) is 5.75 Å². The molecular weight excluding hydrogens is 316 g/mol. The summed E-state index contributed by atoms with van der Waals surface area (Å²) < 4.78 is 1.81. The highest BCUT2D eigenvalue weighted by molar-refractivity contribution is 5.54. The number of aromatic hydroxyl groups is 1. The van der Waals surface area contributed by atoms with E-state index < -0.39 is 0 Å². The minimum Gasteiger partial charge on any atom is -0.508 e. The Morgan fingerprint density at radius 3 is 2.52 bits per heavy atom. The van der Waals surface area contributed by atoms with Crippen LogP contribution in [0, 0.1) is 0 Å². The first-order valence-corrected chi connectivity index (χ1v) is 8.68. The van der Waals surface area contributed by atoms with E-state index in [1.54, 1.807) is 12.1 Å². The van der Waals surface area contributed by atoms with Crippen molar-refractivity contribution in [1.82, 2.24) is 24.7 Å². The SMILES string of the molecule is CCc1nnc2cc(N3CCN(Cc4ccc(O)cc4)CC3)cnn12. The zero-order valence-corrected chi connectivity index (χ0v) is 14.3. The van der Waals surface area contributed by atoms with Crippen molar-refractivity contribution in [2.45, 2.75) is 19.9 Å². The molecule has 1 aromatic carbocycles. The molecule has 1 fully saturated rings. The van der Waals surface area contributed by atoms with Gasteiger partial charge in [-0.15, -0.1) is 10.2 Å². The number of nitrogens with zero attached hydrogens (tertiary/aromatic N) is 6. The molecular formula is C18H22N6O. The second-order valence-electron chi connectivity index (χ2n) is 6.38. The minimum absolute atomic E-state index is 0.316. The molecule has 3 aromatic rings. The van der Waals surface area contributed by atoms with Gasteiger partial charge in [0.15, 0.2) is 11.5 Å². The van der Waals surface area contributed by atoms with Gasteiger partial charge in [-0.2, -0.15) is 9.61 Å². The molecule has 0 spiro atoms. The molecule has 4 rings (SSSR count). The Hall–Kier alpha value is -2.67. The number of rotatable bonds is 4. The van der Waals surface area contributed by atoms with Crippen molar-refractivity contribution in [2.75, 3.05) is 31.1 Å². The lowest BCUT2D eigenvalue weighted by atomic mass is 10.2. The summed E-state index contributed by atoms with van der Waals surface area (Å²) in [5.74, 6) is 1.21. The predicted octanol–water partition coefficient (Wildman–Crippen LogP) is 1.71. The summed E-state index contributed by atoms with van der Waals surface area (Å²) in [4.78, 5) is 4.78. The fourth-order valence-electron chi connectivity index (χ4n) is 3.25. The van der Waals surface area contributed by atoms with Gasteiger partial charge in [0.05, 0.1) is 11.9 Å². The van der Waals surface area contributed by atoms with E-state index in [-0.39, 0.29) is 0 Å². The van der Waals surface area contributed by atoms with E-state index in [0.717, 1.165) is 56.3 Å². The molecule has 1 aliphatic rings. The summed E-state index contributed by atoms with van der Waals surface area (Å²) in [5.41, 5.74) is 3.14. The molecule has 7 nitrogen and oxygen atoms in total. The summed E-state index contributed by atoms with van der Waals surface area (Å²) in [7, 11) is 0. The molecule has 0 bridgehead atoms. The molecule has 0 atom stereocenters. The molecule has 0 unspecified atom stereocenters. The highest BCUT2D eigenvalue weighted by Crippen LogP contribution is 2.19. The maximum Gasteiger partial charge on any atom is 0.179 e. The van der Waals surface area contributed by atoms with Crippen molar-refractivity contribution in [1.29, 1.82) is 0 Å². The molecule has 0 aliphatic carbocycles. The van der Waals surface area contributed by atoms with E-state index >= 15 is 0 Å². The lowest BCUT2D eigenvalue weighted by Gasteiger charge is -2.35. The van der Waals surface area contributed by atoms with Gasteiger partial charge < -0.3 is 10.0 Å². The van der Waals surface area contributed by atoms with Gasteiger partial charge in [-0.25, -0.2) is 0 Å². The first kappa shape index (κ1) is 15.8. The van der Waals surface area contributed by atoms with E-state index in [4.69, 9.17) is 0 Å². The summed E-state index contributed by atoms with van der Waals surface area (Å²) in [5, 5.41) is 22.3. The lowest BCUT2D eigenvalue weighted by Crippen LogP contribution is -2.46. The maximum absolute atomic E-state index is 9.38. The number of aryl methyl sites for hydroxylation is 1. The van der Waals surface area contributed by atoms with E-state index in [2.05, 4.69) is 38.1 Å². The monoisotopic (exact) mass is 338 g/mol. The Bertz CT molecular complexity index is 852. The first-order chi connectivity index (χ1) is 12.2. The van der Waals surface area contributed by atoms with Gasteiger partial charge in [0.2, 0.25) is 0 Å². The van der Waals surface area contributed by atoms with Crippen molar-refractivity contribution < 1.29 is 5.11 Å². The highest BCUT2D eigenvalue weighted by atomic mass is 16.3. The highest BCUT2D eigenvalue weighted by Gasteiger charge is 2.18. The van der Waals surface area contributed by atoms with Crippen LogP contribution in [0.3, 0.4) is 0 Å². The molecule has 2 aromatic heterocycles. The second-order valence-corrected chi connectivity index (χ2v) is 6.38. The topological polar surface area (TPSA) is 69.8 Å². The van der Waals surface area contributed by atoms with Crippen LogP contribution >= 0.6 is 0 Å². The zero-order chi connectivity index (χ0) is 17.2. The smallest absolute Gasteiger partial charge is 0.179 e. The quantitative estimate of drug-likeness (QED) is 0.781. The standard InChI is InChI=1S/C18H22N6O/c1-2-17-20-21-18-11-15(12-19-24(17)18)23-9-7-22(8-10-23)13-14-3-5-16(25)6-4-14/h3-6,11-12,25H,2,7-10,13H2,1H3. The van der Waals surface area contributed by atoms with E-state index in [1.165, 1.54) is 5.56 Å². The number of phenolic OH excluding ortho intramolecular Hbond substituents is 1. The third-order valence-electron chi connectivity index (χ3n) is 4.71. The Morgan fingerprint density at radius 1 is 1.04 bits per heavy atom. The summed E-state index contributed by atoms with van der Waals surface area (Å²) in [6.45, 7) is 6.89. The van der Waals surface area contributed by atoms with E-state index in [9.17, 15) is 5.11 Å². The number of benzene rings is 1. The summed E-state index contributed by atoms with van der Waals surface area (Å²) in [6, 6.07) is 9.52. The number of aromatic nitrogens is 4. The van der Waals surface area contributed by atoms with Gasteiger partial charge in [-0.3, -0.25) is 4.90 Å². The molecule has 7 heteroatoms. The Kier molecular flexibility index (Phi) is 4.23. The van der Waals surface area contributed by atoms with Crippen LogP contribution < -0.4 is 4.90 Å². The second kappa shape index (κ2) is 6.68. The van der Waals surface area contributed by atoms with Gasteiger partial charge in [0.1, 0.15) is 5.75 Å². The van der Waals surface area contributed by atoms with Crippen molar-refractivity contribution >= 4 is 11.3 Å². The van der Waals surface area contributed by atoms with Gasteiger partial charge in [0.25, 0.3) is 0 Å². The van der Waals surface area contributed by atoms with Crippen molar-refractivity contribution in [3.8, 4) is 5.75 Å². The number of hydrogen-bond acceptors (Lipinski definition) is 6. The fourth-order valence-corrected chi connectivity index (χ4v) is 3.25. The van der Waals surface area contributed by atoms with Gasteiger partial charge in [-0.1, -0.05) is 19.1 Å². The minimum atomic E-state index is 0.316. The van der Waals surface area contributed by atoms with Crippen LogP contribution in [0.15, 0.2) is 36.5 Å².